The number of hydrogen-bond donors (Lipinski definition) is 1. The molecule has 7 nitrogen and oxygen atoms in total. The minimum absolute atomic E-state index is 0.00573. The van der Waals surface area contributed by atoms with Gasteiger partial charge in [0.2, 0.25) is 5.91 Å². The predicted molar refractivity (Wildman–Crippen MR) is 156 cm³/mol. The van der Waals surface area contributed by atoms with Crippen LogP contribution in [-0.4, -0.2) is 101 Å². The minimum atomic E-state index is -0.146. The molecule has 1 saturated heterocycles. The standard InChI is InChI=1S/C29H43Cl2N3O4/c1-5-6-7-8-23(2)28(33(3)29(35)20-24-9-10-26(30)27(31)19-24)22-34-13-11-25(21-34)32-12-14-37-17-18-38-16-15-36-4/h5-10,19,25,28,32H,2,11-18,20-22H2,1,3-4H3. The molecule has 1 fully saturated rings. The van der Waals surface area contributed by atoms with Crippen LogP contribution in [0.2, 0.25) is 10.0 Å². The van der Waals surface area contributed by atoms with Gasteiger partial charge in [-0.2, -0.15) is 0 Å². The molecule has 9 heteroatoms. The Bertz CT molecular complexity index is 925. The molecule has 1 aromatic carbocycles. The highest BCUT2D eigenvalue weighted by Crippen LogP contribution is 2.23. The molecule has 2 rings (SSSR count). The largest absolute Gasteiger partial charge is 0.382 e. The smallest absolute Gasteiger partial charge is 0.227 e. The fourth-order valence-corrected chi connectivity index (χ4v) is 4.54. The highest BCUT2D eigenvalue weighted by atomic mass is 35.5. The van der Waals surface area contributed by atoms with Gasteiger partial charge in [0.15, 0.2) is 0 Å². The molecule has 1 N–H and O–H groups in total. The predicted octanol–water partition coefficient (Wildman–Crippen LogP) is 4.39. The summed E-state index contributed by atoms with van der Waals surface area (Å²) in [6.45, 7) is 12.6. The summed E-state index contributed by atoms with van der Waals surface area (Å²) in [7, 11) is 3.51. The zero-order chi connectivity index (χ0) is 27.8. The van der Waals surface area contributed by atoms with Crippen molar-refractivity contribution in [1.82, 2.24) is 15.1 Å². The Labute approximate surface area is 238 Å². The molecule has 0 bridgehead atoms. The topological polar surface area (TPSA) is 63.3 Å². The zero-order valence-electron chi connectivity index (χ0n) is 23.0. The van der Waals surface area contributed by atoms with Crippen molar-refractivity contribution >= 4 is 29.1 Å². The fraction of sp³-hybridized carbons (Fsp3) is 0.552. The van der Waals surface area contributed by atoms with Crippen molar-refractivity contribution in [2.45, 2.75) is 31.8 Å². The fourth-order valence-electron chi connectivity index (χ4n) is 4.22. The van der Waals surface area contributed by atoms with Gasteiger partial charge in [0, 0.05) is 39.8 Å². The first kappa shape index (κ1) is 32.5. The van der Waals surface area contributed by atoms with Crippen molar-refractivity contribution in [2.24, 2.45) is 0 Å². The highest BCUT2D eigenvalue weighted by molar-refractivity contribution is 6.42. The van der Waals surface area contributed by atoms with E-state index in [4.69, 9.17) is 37.4 Å². The third-order valence-electron chi connectivity index (χ3n) is 6.43. The number of carbonyl (C=O) groups excluding carboxylic acids is 1. The third-order valence-corrected chi connectivity index (χ3v) is 7.17. The van der Waals surface area contributed by atoms with Crippen molar-refractivity contribution in [3.05, 3.63) is 70.3 Å². The van der Waals surface area contributed by atoms with E-state index in [9.17, 15) is 4.79 Å². The number of amides is 1. The van der Waals surface area contributed by atoms with E-state index in [1.165, 1.54) is 0 Å². The van der Waals surface area contributed by atoms with E-state index >= 15 is 0 Å². The number of benzene rings is 1. The van der Waals surface area contributed by atoms with E-state index in [1.807, 2.05) is 44.3 Å². The molecule has 212 valence electrons. The summed E-state index contributed by atoms with van der Waals surface area (Å²) in [6, 6.07) is 5.56. The number of ether oxygens (including phenoxy) is 3. The molecule has 1 heterocycles. The number of nitrogens with one attached hydrogen (secondary N) is 1. The van der Waals surface area contributed by atoms with Gasteiger partial charge >= 0.3 is 0 Å². The van der Waals surface area contributed by atoms with Crippen molar-refractivity contribution in [3.8, 4) is 0 Å². The van der Waals surface area contributed by atoms with E-state index < -0.39 is 0 Å². The number of likely N-dealkylation sites (N-methyl/N-ethyl adjacent to an activating group) is 1. The molecule has 0 aliphatic carbocycles. The van der Waals surface area contributed by atoms with E-state index in [0.717, 1.165) is 43.7 Å². The maximum absolute atomic E-state index is 13.2. The van der Waals surface area contributed by atoms with Gasteiger partial charge in [-0.15, -0.1) is 0 Å². The van der Waals surface area contributed by atoms with Crippen LogP contribution in [0, 0.1) is 0 Å². The number of methoxy groups -OCH3 is 1. The molecule has 1 aliphatic rings. The molecule has 38 heavy (non-hydrogen) atoms. The number of rotatable bonds is 18. The van der Waals surface area contributed by atoms with Gasteiger partial charge in [-0.05, 0) is 43.2 Å². The molecule has 0 aromatic heterocycles. The maximum Gasteiger partial charge on any atom is 0.227 e. The average Bonchev–Trinajstić information content (AvgIpc) is 3.35. The van der Waals surface area contributed by atoms with Crippen molar-refractivity contribution in [1.29, 1.82) is 0 Å². The summed E-state index contributed by atoms with van der Waals surface area (Å²) in [5, 5.41) is 4.51. The van der Waals surface area contributed by atoms with Crippen LogP contribution < -0.4 is 5.32 Å². The lowest BCUT2D eigenvalue weighted by atomic mass is 10.0. The van der Waals surface area contributed by atoms with Crippen molar-refractivity contribution in [3.63, 3.8) is 0 Å². The maximum atomic E-state index is 13.2. The van der Waals surface area contributed by atoms with Gasteiger partial charge in [-0.25, -0.2) is 0 Å². The lowest BCUT2D eigenvalue weighted by Crippen LogP contribution is -2.46. The molecular formula is C29H43Cl2N3O4. The molecule has 0 radical (unpaired) electrons. The second-order valence-electron chi connectivity index (χ2n) is 9.32. The van der Waals surface area contributed by atoms with Crippen LogP contribution in [-0.2, 0) is 25.4 Å². The number of nitrogens with zero attached hydrogens (tertiary/aromatic N) is 2. The average molecular weight is 569 g/mol. The van der Waals surface area contributed by atoms with Crippen LogP contribution in [0.5, 0.6) is 0 Å². The molecule has 0 saturated carbocycles. The first-order valence-corrected chi connectivity index (χ1v) is 13.9. The Balaban J connectivity index is 1.86. The van der Waals surface area contributed by atoms with Gasteiger partial charge in [0.05, 0.1) is 55.5 Å². The highest BCUT2D eigenvalue weighted by Gasteiger charge is 2.28. The summed E-state index contributed by atoms with van der Waals surface area (Å²) in [6.07, 6.45) is 9.17. The van der Waals surface area contributed by atoms with Crippen LogP contribution in [0.4, 0.5) is 0 Å². The van der Waals surface area contributed by atoms with Crippen molar-refractivity contribution < 1.29 is 19.0 Å². The summed E-state index contributed by atoms with van der Waals surface area (Å²) < 4.78 is 16.0. The first-order valence-electron chi connectivity index (χ1n) is 13.1. The summed E-state index contributed by atoms with van der Waals surface area (Å²) >= 11 is 12.2. The van der Waals surface area contributed by atoms with Crippen LogP contribution in [0.25, 0.3) is 0 Å². The molecular weight excluding hydrogens is 525 g/mol. The van der Waals surface area contributed by atoms with Gasteiger partial charge in [-0.3, -0.25) is 9.69 Å². The first-order chi connectivity index (χ1) is 18.3. The quantitative estimate of drug-likeness (QED) is 0.209. The molecule has 2 atom stereocenters. The van der Waals surface area contributed by atoms with Gasteiger partial charge in [-0.1, -0.05) is 60.2 Å². The Morgan fingerprint density at radius 3 is 2.63 bits per heavy atom. The zero-order valence-corrected chi connectivity index (χ0v) is 24.5. The summed E-state index contributed by atoms with van der Waals surface area (Å²) in [5.74, 6) is 0.00573. The Morgan fingerprint density at radius 2 is 1.92 bits per heavy atom. The lowest BCUT2D eigenvalue weighted by Gasteiger charge is -2.32. The third kappa shape index (κ3) is 12.0. The number of hydrogen-bond acceptors (Lipinski definition) is 6. The van der Waals surface area contributed by atoms with E-state index in [0.29, 0.717) is 49.1 Å². The molecule has 2 unspecified atom stereocenters. The number of likely N-dealkylation sites (tertiary alicyclic amines) is 1. The molecule has 1 amide bonds. The van der Waals surface area contributed by atoms with Gasteiger partial charge < -0.3 is 24.4 Å². The summed E-state index contributed by atoms with van der Waals surface area (Å²) in [4.78, 5) is 17.4. The number of halogens is 2. The minimum Gasteiger partial charge on any atom is -0.382 e. The van der Waals surface area contributed by atoms with Crippen LogP contribution in [0.15, 0.2) is 54.7 Å². The van der Waals surface area contributed by atoms with E-state index in [2.05, 4.69) is 16.8 Å². The normalized spacial score (nSPS) is 17.0. The van der Waals surface area contributed by atoms with Crippen molar-refractivity contribution in [2.75, 3.05) is 73.4 Å². The number of carbonyl (C=O) groups is 1. The van der Waals surface area contributed by atoms with E-state index in [1.54, 1.807) is 24.1 Å². The SMILES string of the molecule is C=C(C=CC=CC)C(CN1CCC(NCCOCCOCCOC)C1)N(C)C(=O)Cc1ccc(Cl)c(Cl)c1. The molecule has 1 aliphatic heterocycles. The Hall–Kier alpha value is -1.71. The second-order valence-corrected chi connectivity index (χ2v) is 10.1. The lowest BCUT2D eigenvalue weighted by molar-refractivity contribution is -0.130. The van der Waals surface area contributed by atoms with E-state index in [-0.39, 0.29) is 18.4 Å². The monoisotopic (exact) mass is 567 g/mol. The van der Waals surface area contributed by atoms with Crippen LogP contribution in [0.3, 0.4) is 0 Å². The Kier molecular flexibility index (Phi) is 15.9. The summed E-state index contributed by atoms with van der Waals surface area (Å²) in [5.41, 5.74) is 1.73. The van der Waals surface area contributed by atoms with Crippen LogP contribution >= 0.6 is 23.2 Å². The molecule has 1 aromatic rings. The van der Waals surface area contributed by atoms with Gasteiger partial charge in [0.1, 0.15) is 0 Å². The second kappa shape index (κ2) is 18.6. The number of allylic oxidation sites excluding steroid dienone is 3. The molecule has 0 spiro atoms. The van der Waals surface area contributed by atoms with Crippen LogP contribution in [0.1, 0.15) is 18.9 Å². The van der Waals surface area contributed by atoms with Gasteiger partial charge in [0.25, 0.3) is 0 Å². The Morgan fingerprint density at radius 1 is 1.18 bits per heavy atom.